The minimum absolute atomic E-state index is 0.566. The third kappa shape index (κ3) is 5.62. The molecule has 16 heavy (non-hydrogen) atoms. The van der Waals surface area contributed by atoms with Gasteiger partial charge in [-0.2, -0.15) is 14.7 Å². The molecule has 1 unspecified atom stereocenters. The lowest BCUT2D eigenvalue weighted by molar-refractivity contribution is -0.137. The van der Waals surface area contributed by atoms with Gasteiger partial charge in [-0.3, -0.25) is 4.79 Å². The number of hydrogen-bond donors (Lipinski definition) is 6. The Labute approximate surface area is 90.8 Å². The first-order valence-electron chi connectivity index (χ1n) is 3.88. The van der Waals surface area contributed by atoms with Crippen molar-refractivity contribution in [2.45, 2.75) is 19.4 Å². The van der Waals surface area contributed by atoms with Crippen LogP contribution in [0.5, 0.6) is 0 Å². The van der Waals surface area contributed by atoms with Crippen molar-refractivity contribution in [2.75, 3.05) is 0 Å². The average Bonchev–Trinajstić information content (AvgIpc) is 1.94. The Morgan fingerprint density at radius 1 is 1.38 bits per heavy atom. The zero-order chi connectivity index (χ0) is 13.1. The van der Waals surface area contributed by atoms with Crippen LogP contribution in [0.25, 0.3) is 0 Å². The molecule has 1 atom stereocenters. The summed E-state index contributed by atoms with van der Waals surface area (Å²) in [6.07, 6.45) is -0.566. The molecule has 0 spiro atoms. The van der Waals surface area contributed by atoms with E-state index in [4.69, 9.17) is 29.6 Å². The van der Waals surface area contributed by atoms with Crippen molar-refractivity contribution in [3.8, 4) is 0 Å². The van der Waals surface area contributed by atoms with Crippen molar-refractivity contribution in [3.63, 3.8) is 0 Å². The van der Waals surface area contributed by atoms with E-state index in [-0.39, 0.29) is 0 Å². The number of carbonyl (C=O) groups is 1. The molecular formula is C5H12NO8P2+. The molecule has 0 saturated carbocycles. The first kappa shape index (κ1) is 15.6. The topological polar surface area (TPSA) is 168 Å². The molecule has 0 fully saturated rings. The van der Waals surface area contributed by atoms with Gasteiger partial charge in [-0.1, -0.05) is 0 Å². The highest BCUT2D eigenvalue weighted by molar-refractivity contribution is 8.00. The van der Waals surface area contributed by atoms with Crippen molar-refractivity contribution < 1.29 is 38.9 Å². The molecule has 0 bridgehead atoms. The van der Waals surface area contributed by atoms with E-state index in [1.165, 1.54) is 6.92 Å². The summed E-state index contributed by atoms with van der Waals surface area (Å²) in [5, 5.41) is 6.88. The number of rotatable bonds is 5. The van der Waals surface area contributed by atoms with E-state index in [0.717, 1.165) is 0 Å². The molecule has 0 aromatic carbocycles. The first-order valence-corrected chi connectivity index (χ1v) is 7.14. The van der Waals surface area contributed by atoms with Crippen molar-refractivity contribution in [1.82, 2.24) is 0 Å². The molecule has 0 aromatic rings. The fourth-order valence-electron chi connectivity index (χ4n) is 0.823. The molecule has 94 valence electrons. The maximum atomic E-state index is 10.8. The Morgan fingerprint density at radius 2 is 1.81 bits per heavy atom. The summed E-state index contributed by atoms with van der Waals surface area (Å²) in [6.45, 7) is 1.19. The lowest BCUT2D eigenvalue weighted by atomic mass is 10.2. The molecular weight excluding hydrogens is 264 g/mol. The predicted molar refractivity (Wildman–Crippen MR) is 54.8 cm³/mol. The molecule has 9 nitrogen and oxygen atoms in total. The van der Waals surface area contributed by atoms with Crippen LogP contribution in [0.2, 0.25) is 0 Å². The number of nitrogens with zero attached hydrogens (tertiary/aromatic N) is 1. The minimum Gasteiger partial charge on any atom is -0.481 e. The van der Waals surface area contributed by atoms with E-state index in [2.05, 4.69) is 4.99 Å². The predicted octanol–water partition coefficient (Wildman–Crippen LogP) is -0.877. The highest BCUT2D eigenvalue weighted by Crippen LogP contribution is 2.60. The molecule has 0 aliphatic carbocycles. The minimum atomic E-state index is -5.14. The van der Waals surface area contributed by atoms with Crippen LogP contribution >= 0.6 is 15.5 Å². The number of carboxylic acids is 1. The zero-order valence-corrected chi connectivity index (χ0v) is 9.91. The molecule has 11 heteroatoms. The van der Waals surface area contributed by atoms with Crippen LogP contribution in [0.3, 0.4) is 0 Å². The van der Waals surface area contributed by atoms with Gasteiger partial charge in [-0.25, -0.2) is 9.56 Å². The molecule has 0 radical (unpaired) electrons. The second-order valence-electron chi connectivity index (χ2n) is 2.99. The standard InChI is InChI=1S/C5H11NO8P2/c1-3(2-4(7)8)6-5(15(9,10)11)16(12,13)14/h3,9-11H,2H2,1H3,(H2-,7,8,12,13,14)/p+1. The van der Waals surface area contributed by atoms with Crippen LogP contribution in [0.1, 0.15) is 13.3 Å². The van der Waals surface area contributed by atoms with Gasteiger partial charge in [0.1, 0.15) is 0 Å². The van der Waals surface area contributed by atoms with Gasteiger partial charge < -0.3 is 14.9 Å². The number of aliphatic carboxylic acids is 1. The molecule has 0 aliphatic heterocycles. The molecule has 0 amide bonds. The van der Waals surface area contributed by atoms with Crippen molar-refractivity contribution in [2.24, 2.45) is 4.99 Å². The first-order chi connectivity index (χ1) is 6.94. The van der Waals surface area contributed by atoms with Gasteiger partial charge in [-0.05, 0) is 6.92 Å². The van der Waals surface area contributed by atoms with Gasteiger partial charge >= 0.3 is 26.7 Å². The van der Waals surface area contributed by atoms with Crippen molar-refractivity contribution in [1.29, 1.82) is 0 Å². The molecule has 0 aliphatic rings. The molecule has 0 saturated heterocycles. The van der Waals surface area contributed by atoms with E-state index in [1.807, 2.05) is 0 Å². The fourth-order valence-corrected chi connectivity index (χ4v) is 2.92. The average molecular weight is 276 g/mol. The zero-order valence-electron chi connectivity index (χ0n) is 8.13. The van der Waals surface area contributed by atoms with Gasteiger partial charge in [0.25, 0.3) is 0 Å². The Hall–Kier alpha value is -0.400. The van der Waals surface area contributed by atoms with Gasteiger partial charge in [0.05, 0.1) is 12.5 Å². The Balaban J connectivity index is 5.14. The van der Waals surface area contributed by atoms with Crippen molar-refractivity contribution >= 4 is 26.7 Å². The largest absolute Gasteiger partial charge is 0.481 e. The van der Waals surface area contributed by atoms with E-state index in [9.17, 15) is 9.36 Å². The Morgan fingerprint density at radius 3 is 2.06 bits per heavy atom. The van der Waals surface area contributed by atoms with E-state index < -0.39 is 39.2 Å². The lowest BCUT2D eigenvalue weighted by Crippen LogP contribution is -2.13. The summed E-state index contributed by atoms with van der Waals surface area (Å²) < 4.78 is 10.8. The molecule has 0 heterocycles. The Kier molecular flexibility index (Phi) is 5.15. The maximum Gasteiger partial charge on any atom is 0.469 e. The normalized spacial score (nSPS) is 16.0. The maximum absolute atomic E-state index is 10.8. The van der Waals surface area contributed by atoms with Crippen LogP contribution in [0.4, 0.5) is 0 Å². The van der Waals surface area contributed by atoms with Crippen LogP contribution in [-0.4, -0.2) is 46.8 Å². The molecule has 6 N–H and O–H groups in total. The fraction of sp³-hybridized carbons (Fsp3) is 0.600. The molecule has 0 aromatic heterocycles. The van der Waals surface area contributed by atoms with Crippen LogP contribution in [0, 0.1) is 0 Å². The van der Waals surface area contributed by atoms with Crippen LogP contribution in [-0.2, 0) is 9.36 Å². The summed E-state index contributed by atoms with van der Waals surface area (Å²) >= 11 is 0. The van der Waals surface area contributed by atoms with E-state index in [0.29, 0.717) is 0 Å². The SMILES string of the molecule is CC(CC(=O)O)N=C(P(=O)(O)O)[P+](O)(O)O. The van der Waals surface area contributed by atoms with E-state index in [1.54, 1.807) is 0 Å². The number of hydrogen-bond acceptors (Lipinski definition) is 6. The summed E-state index contributed by atoms with van der Waals surface area (Å²) in [4.78, 5) is 57.0. The van der Waals surface area contributed by atoms with Crippen molar-refractivity contribution in [3.05, 3.63) is 0 Å². The van der Waals surface area contributed by atoms with Crippen LogP contribution in [0.15, 0.2) is 4.99 Å². The summed E-state index contributed by atoms with van der Waals surface area (Å²) in [5.41, 5.74) is 0. The Bertz CT molecular complexity index is 341. The van der Waals surface area contributed by atoms with Crippen LogP contribution < -0.4 is 0 Å². The number of carboxylic acid groups (broad SMARTS) is 1. The second kappa shape index (κ2) is 5.29. The smallest absolute Gasteiger partial charge is 0.469 e. The lowest BCUT2D eigenvalue weighted by Gasteiger charge is -2.10. The van der Waals surface area contributed by atoms with Gasteiger partial charge in [0.15, 0.2) is 0 Å². The monoisotopic (exact) mass is 276 g/mol. The third-order valence-corrected chi connectivity index (χ3v) is 4.21. The summed E-state index contributed by atoms with van der Waals surface area (Å²) in [7, 11) is -10.1. The highest BCUT2D eigenvalue weighted by Gasteiger charge is 2.51. The number of aliphatic imine (C=N–C) groups is 1. The molecule has 0 rings (SSSR count). The van der Waals surface area contributed by atoms with Gasteiger partial charge in [0, 0.05) is 0 Å². The van der Waals surface area contributed by atoms with Gasteiger partial charge in [-0.15, -0.1) is 0 Å². The summed E-state index contributed by atoms with van der Waals surface area (Å²) in [5.74, 6) is -1.28. The third-order valence-electron chi connectivity index (χ3n) is 1.33. The summed E-state index contributed by atoms with van der Waals surface area (Å²) in [6, 6.07) is -1.11. The second-order valence-corrected chi connectivity index (χ2v) is 6.41. The van der Waals surface area contributed by atoms with Gasteiger partial charge in [0.2, 0.25) is 0 Å². The highest BCUT2D eigenvalue weighted by atomic mass is 31.3. The van der Waals surface area contributed by atoms with E-state index >= 15 is 0 Å². The quantitative estimate of drug-likeness (QED) is 0.278.